The van der Waals surface area contributed by atoms with E-state index in [0.29, 0.717) is 19.5 Å². The lowest BCUT2D eigenvalue weighted by molar-refractivity contribution is -0.135. The van der Waals surface area contributed by atoms with Crippen LogP contribution in [0.25, 0.3) is 0 Å². The first-order chi connectivity index (χ1) is 9.32. The molecule has 1 atom stereocenters. The average Bonchev–Trinajstić information content (AvgIpc) is 2.38. The number of allylic oxidation sites excluding steroid dienone is 1. The number of aliphatic hydroxyl groups is 1. The summed E-state index contributed by atoms with van der Waals surface area (Å²) in [4.78, 5) is 13.8. The highest BCUT2D eigenvalue weighted by atomic mass is 32.2. The molecule has 0 unspecified atom stereocenters. The van der Waals surface area contributed by atoms with Gasteiger partial charge in [0.2, 0.25) is 15.9 Å². The molecule has 0 aromatic rings. The van der Waals surface area contributed by atoms with Crippen LogP contribution in [0.15, 0.2) is 12.7 Å². The SMILES string of the molecule is C=CC[C@]1(CO)CCCN(C(=O)CCCS(N)(=O)=O)C1. The van der Waals surface area contributed by atoms with Crippen LogP contribution in [0.5, 0.6) is 0 Å². The summed E-state index contributed by atoms with van der Waals surface area (Å²) in [6.45, 7) is 4.89. The number of aliphatic hydroxyl groups excluding tert-OH is 1. The molecule has 0 aliphatic carbocycles. The largest absolute Gasteiger partial charge is 0.396 e. The van der Waals surface area contributed by atoms with Crippen molar-refractivity contribution in [2.45, 2.75) is 32.1 Å². The van der Waals surface area contributed by atoms with Gasteiger partial charge in [0.05, 0.1) is 12.4 Å². The number of hydrogen-bond donors (Lipinski definition) is 2. The van der Waals surface area contributed by atoms with E-state index in [0.717, 1.165) is 12.8 Å². The Hall–Kier alpha value is -0.920. The van der Waals surface area contributed by atoms with E-state index in [1.54, 1.807) is 11.0 Å². The number of amides is 1. The molecule has 1 rings (SSSR count). The van der Waals surface area contributed by atoms with Gasteiger partial charge in [-0.25, -0.2) is 13.6 Å². The fourth-order valence-corrected chi connectivity index (χ4v) is 3.22. The van der Waals surface area contributed by atoms with E-state index in [1.165, 1.54) is 0 Å². The lowest BCUT2D eigenvalue weighted by atomic mass is 9.77. The number of hydrogen-bond acceptors (Lipinski definition) is 4. The second-order valence-corrected chi connectivity index (χ2v) is 7.27. The Morgan fingerprint density at radius 2 is 2.20 bits per heavy atom. The van der Waals surface area contributed by atoms with Crippen LogP contribution in [-0.2, 0) is 14.8 Å². The molecule has 1 aliphatic rings. The molecule has 1 fully saturated rings. The van der Waals surface area contributed by atoms with Gasteiger partial charge in [-0.05, 0) is 25.7 Å². The predicted molar refractivity (Wildman–Crippen MR) is 77.4 cm³/mol. The van der Waals surface area contributed by atoms with Gasteiger partial charge >= 0.3 is 0 Å². The number of primary sulfonamides is 1. The summed E-state index contributed by atoms with van der Waals surface area (Å²) in [6, 6.07) is 0. The highest BCUT2D eigenvalue weighted by Crippen LogP contribution is 2.33. The smallest absolute Gasteiger partial charge is 0.222 e. The molecule has 0 radical (unpaired) electrons. The molecule has 0 aromatic heterocycles. The van der Waals surface area contributed by atoms with Crippen LogP contribution in [0.1, 0.15) is 32.1 Å². The van der Waals surface area contributed by atoms with E-state index in [4.69, 9.17) is 5.14 Å². The molecule has 20 heavy (non-hydrogen) atoms. The van der Waals surface area contributed by atoms with Gasteiger partial charge in [0.1, 0.15) is 0 Å². The van der Waals surface area contributed by atoms with Crippen molar-refractivity contribution in [1.82, 2.24) is 4.90 Å². The zero-order chi connectivity index (χ0) is 15.2. The second kappa shape index (κ2) is 7.19. The first-order valence-electron chi connectivity index (χ1n) is 6.82. The van der Waals surface area contributed by atoms with E-state index in [-0.39, 0.29) is 36.5 Å². The van der Waals surface area contributed by atoms with Crippen molar-refractivity contribution in [3.05, 3.63) is 12.7 Å². The Kier molecular flexibility index (Phi) is 6.16. The third-order valence-electron chi connectivity index (χ3n) is 3.75. The number of carbonyl (C=O) groups is 1. The Morgan fingerprint density at radius 1 is 1.50 bits per heavy atom. The molecule has 0 aromatic carbocycles. The summed E-state index contributed by atoms with van der Waals surface area (Å²) in [5.74, 6) is -0.250. The van der Waals surface area contributed by atoms with Gasteiger partial charge in [0.15, 0.2) is 0 Å². The molecule has 3 N–H and O–H groups in total. The molecule has 1 aliphatic heterocycles. The molecule has 6 nitrogen and oxygen atoms in total. The summed E-state index contributed by atoms with van der Waals surface area (Å²) >= 11 is 0. The maximum Gasteiger partial charge on any atom is 0.222 e. The van der Waals surface area contributed by atoms with E-state index in [2.05, 4.69) is 6.58 Å². The van der Waals surface area contributed by atoms with Crippen LogP contribution < -0.4 is 5.14 Å². The number of nitrogens with zero attached hydrogens (tertiary/aromatic N) is 1. The van der Waals surface area contributed by atoms with E-state index >= 15 is 0 Å². The molecule has 0 saturated carbocycles. The molecular formula is C13H24N2O4S. The number of piperidine rings is 1. The van der Waals surface area contributed by atoms with Gasteiger partial charge in [0, 0.05) is 24.9 Å². The molecule has 1 amide bonds. The predicted octanol–water partition coefficient (Wildman–Crippen LogP) is 0.232. The Balaban J connectivity index is 2.53. The number of carbonyl (C=O) groups excluding carboxylic acids is 1. The van der Waals surface area contributed by atoms with E-state index in [9.17, 15) is 18.3 Å². The van der Waals surface area contributed by atoms with Crippen LogP contribution in [0.4, 0.5) is 0 Å². The minimum Gasteiger partial charge on any atom is -0.396 e. The molecule has 1 heterocycles. The van der Waals surface area contributed by atoms with E-state index < -0.39 is 10.0 Å². The van der Waals surface area contributed by atoms with Gasteiger partial charge in [-0.3, -0.25) is 4.79 Å². The maximum absolute atomic E-state index is 12.1. The minimum absolute atomic E-state index is 0.0278. The Bertz CT molecular complexity index is 449. The molecule has 7 heteroatoms. The van der Waals surface area contributed by atoms with Gasteiger partial charge in [-0.2, -0.15) is 0 Å². The molecule has 1 saturated heterocycles. The standard InChI is InChI=1S/C13H24N2O4S/c1-2-6-13(11-16)7-4-8-15(10-13)12(17)5-3-9-20(14,18)19/h2,16H,1,3-11H2,(H2,14,18,19)/t13-/m0/s1. The first kappa shape index (κ1) is 17.1. The summed E-state index contributed by atoms with van der Waals surface area (Å²) in [5.41, 5.74) is -0.296. The van der Waals surface area contributed by atoms with Crippen LogP contribution in [0, 0.1) is 5.41 Å². The third kappa shape index (κ3) is 5.22. The fraction of sp³-hybridized carbons (Fsp3) is 0.769. The van der Waals surface area contributed by atoms with Gasteiger partial charge in [0.25, 0.3) is 0 Å². The Morgan fingerprint density at radius 3 is 2.75 bits per heavy atom. The van der Waals surface area contributed by atoms with Crippen molar-refractivity contribution in [2.75, 3.05) is 25.4 Å². The van der Waals surface area contributed by atoms with Gasteiger partial charge < -0.3 is 10.0 Å². The Labute approximate surface area is 120 Å². The topological polar surface area (TPSA) is 101 Å². The number of likely N-dealkylation sites (tertiary alicyclic amines) is 1. The summed E-state index contributed by atoms with van der Waals surface area (Å²) < 4.78 is 21.7. The molecular weight excluding hydrogens is 280 g/mol. The lowest BCUT2D eigenvalue weighted by Crippen LogP contribution is -2.47. The van der Waals surface area contributed by atoms with Crippen LogP contribution in [-0.4, -0.2) is 49.8 Å². The fourth-order valence-electron chi connectivity index (χ4n) is 2.67. The molecule has 0 bridgehead atoms. The summed E-state index contributed by atoms with van der Waals surface area (Å²) in [5, 5.41) is 14.5. The normalized spacial score (nSPS) is 23.6. The number of nitrogens with two attached hydrogens (primary N) is 1. The van der Waals surface area contributed by atoms with Crippen LogP contribution in [0.3, 0.4) is 0 Å². The molecule has 116 valence electrons. The number of sulfonamides is 1. The minimum atomic E-state index is -3.51. The van der Waals surface area contributed by atoms with Crippen molar-refractivity contribution in [3.63, 3.8) is 0 Å². The van der Waals surface area contributed by atoms with Gasteiger partial charge in [-0.15, -0.1) is 6.58 Å². The van der Waals surface area contributed by atoms with Crippen molar-refractivity contribution in [2.24, 2.45) is 10.6 Å². The monoisotopic (exact) mass is 304 g/mol. The third-order valence-corrected chi connectivity index (χ3v) is 4.60. The van der Waals surface area contributed by atoms with Crippen molar-refractivity contribution in [3.8, 4) is 0 Å². The highest BCUT2D eigenvalue weighted by Gasteiger charge is 2.35. The van der Waals surface area contributed by atoms with E-state index in [1.807, 2.05) is 0 Å². The summed E-state index contributed by atoms with van der Waals surface area (Å²) in [7, 11) is -3.51. The zero-order valence-corrected chi connectivity index (χ0v) is 12.6. The second-order valence-electron chi connectivity index (χ2n) is 5.54. The van der Waals surface area contributed by atoms with Crippen LogP contribution >= 0.6 is 0 Å². The highest BCUT2D eigenvalue weighted by molar-refractivity contribution is 7.89. The van der Waals surface area contributed by atoms with Gasteiger partial charge in [-0.1, -0.05) is 6.08 Å². The van der Waals surface area contributed by atoms with Crippen molar-refractivity contribution >= 4 is 15.9 Å². The van der Waals surface area contributed by atoms with Crippen molar-refractivity contribution < 1.29 is 18.3 Å². The van der Waals surface area contributed by atoms with Crippen molar-refractivity contribution in [1.29, 1.82) is 0 Å². The first-order valence-corrected chi connectivity index (χ1v) is 8.53. The number of rotatable bonds is 7. The maximum atomic E-state index is 12.1. The quantitative estimate of drug-likeness (QED) is 0.658. The molecule has 0 spiro atoms. The lowest BCUT2D eigenvalue weighted by Gasteiger charge is -2.41. The van der Waals surface area contributed by atoms with Crippen LogP contribution in [0.2, 0.25) is 0 Å². The zero-order valence-electron chi connectivity index (χ0n) is 11.8. The summed E-state index contributed by atoms with van der Waals surface area (Å²) in [6.07, 6.45) is 4.56. The average molecular weight is 304 g/mol.